The molecule has 14 heteroatoms. The highest BCUT2D eigenvalue weighted by atomic mass is 32.2. The summed E-state index contributed by atoms with van der Waals surface area (Å²) in [5.74, 6) is -1.13. The fourth-order valence-electron chi connectivity index (χ4n) is 5.18. The van der Waals surface area contributed by atoms with E-state index in [-0.39, 0.29) is 45.9 Å². The maximum atomic E-state index is 15.5. The van der Waals surface area contributed by atoms with Gasteiger partial charge in [0, 0.05) is 72.8 Å². The van der Waals surface area contributed by atoms with E-state index in [4.69, 9.17) is 23.4 Å². The molecule has 282 valence electrons. The summed E-state index contributed by atoms with van der Waals surface area (Å²) in [5, 5.41) is 0.0553. The average molecular weight is 759 g/mol. The van der Waals surface area contributed by atoms with Gasteiger partial charge in [-0.05, 0) is 67.2 Å². The molecule has 0 N–H and O–H groups in total. The van der Waals surface area contributed by atoms with Gasteiger partial charge in [0.05, 0.1) is 20.0 Å². The van der Waals surface area contributed by atoms with E-state index < -0.39 is 29.8 Å². The molecule has 0 radical (unpaired) electrons. The Hall–Kier alpha value is -4.27. The smallest absolute Gasteiger partial charge is 0.254 e. The Morgan fingerprint density at radius 2 is 1.65 bits per heavy atom. The molecule has 0 aliphatic carbocycles. The monoisotopic (exact) mass is 758 g/mol. The number of ether oxygens (including phenoxy) is 4. The molecule has 0 aliphatic heterocycles. The predicted octanol–water partition coefficient (Wildman–Crippen LogP) is 8.00. The van der Waals surface area contributed by atoms with Crippen LogP contribution in [0.3, 0.4) is 0 Å². The fourth-order valence-corrected chi connectivity index (χ4v) is 7.04. The average Bonchev–Trinajstić information content (AvgIpc) is 3.05. The summed E-state index contributed by atoms with van der Waals surface area (Å²) in [6.07, 6.45) is 5.47. The summed E-state index contributed by atoms with van der Waals surface area (Å²) in [5.41, 5.74) is 1.44. The molecule has 0 saturated carbocycles. The van der Waals surface area contributed by atoms with Gasteiger partial charge < -0.3 is 27.9 Å². The maximum Gasteiger partial charge on any atom is 0.254 e. The van der Waals surface area contributed by atoms with Crippen LogP contribution in [-0.2, 0) is 40.1 Å². The van der Waals surface area contributed by atoms with Crippen LogP contribution in [0.4, 0.5) is 8.78 Å². The van der Waals surface area contributed by atoms with E-state index in [0.717, 1.165) is 12.3 Å². The lowest BCUT2D eigenvalue weighted by Gasteiger charge is -2.36. The van der Waals surface area contributed by atoms with E-state index >= 15 is 4.39 Å². The Kier molecular flexibility index (Phi) is 12.9. The van der Waals surface area contributed by atoms with E-state index in [1.165, 1.54) is 43.3 Å². The fraction of sp³-hybridized carbons (Fsp3) is 0.421. The number of benzene rings is 2. The first-order chi connectivity index (χ1) is 24.3. The van der Waals surface area contributed by atoms with Gasteiger partial charge in [-0.3, -0.25) is 4.79 Å². The first kappa shape index (κ1) is 40.5. The number of pyridine rings is 2. The van der Waals surface area contributed by atoms with Crippen LogP contribution in [0.5, 0.6) is 28.9 Å². The molecule has 0 amide bonds. The van der Waals surface area contributed by atoms with Crippen LogP contribution in [0.25, 0.3) is 11.1 Å². The third-order valence-corrected chi connectivity index (χ3v) is 14.5. The molecule has 0 spiro atoms. The summed E-state index contributed by atoms with van der Waals surface area (Å²) in [6, 6.07) is 10.0. The van der Waals surface area contributed by atoms with Gasteiger partial charge in [0.25, 0.3) is 5.56 Å². The van der Waals surface area contributed by atoms with Gasteiger partial charge in [0.2, 0.25) is 5.88 Å². The Bertz CT molecular complexity index is 2060. The second kappa shape index (κ2) is 16.6. The lowest BCUT2D eigenvalue weighted by atomic mass is 10.1. The number of halogens is 2. The predicted molar refractivity (Wildman–Crippen MR) is 200 cm³/mol. The first-order valence-electron chi connectivity index (χ1n) is 16.8. The maximum absolute atomic E-state index is 15.5. The number of hydrogen-bond acceptors (Lipinski definition) is 9. The number of aromatic nitrogens is 2. The van der Waals surface area contributed by atoms with Gasteiger partial charge in [-0.2, -0.15) is 0 Å². The van der Waals surface area contributed by atoms with E-state index in [2.05, 4.69) is 38.8 Å². The van der Waals surface area contributed by atoms with Crippen LogP contribution >= 0.6 is 0 Å². The van der Waals surface area contributed by atoms with Crippen molar-refractivity contribution < 1.29 is 40.6 Å². The zero-order valence-electron chi connectivity index (χ0n) is 31.3. The number of nitrogens with zero attached hydrogens (tertiary/aromatic N) is 2. The van der Waals surface area contributed by atoms with Gasteiger partial charge in [-0.15, -0.1) is 0 Å². The molecule has 2 aromatic carbocycles. The highest BCUT2D eigenvalue weighted by Crippen LogP contribution is 2.40. The highest BCUT2D eigenvalue weighted by Gasteiger charge is 2.36. The molecule has 0 bridgehead atoms. The van der Waals surface area contributed by atoms with Gasteiger partial charge >= 0.3 is 0 Å². The molecule has 4 rings (SSSR count). The van der Waals surface area contributed by atoms with Crippen molar-refractivity contribution in [3.05, 3.63) is 93.5 Å². The number of unbranched alkanes of at least 4 members (excludes halogenated alkanes) is 1. The van der Waals surface area contributed by atoms with Gasteiger partial charge in [0.15, 0.2) is 29.7 Å². The highest BCUT2D eigenvalue weighted by molar-refractivity contribution is 7.89. The van der Waals surface area contributed by atoms with Gasteiger partial charge in [0.1, 0.15) is 29.7 Å². The summed E-state index contributed by atoms with van der Waals surface area (Å²) in [7, 11) is -0.845. The Balaban J connectivity index is 1.73. The molecule has 0 aliphatic rings. The van der Waals surface area contributed by atoms with Crippen molar-refractivity contribution in [3.8, 4) is 40.0 Å². The molecule has 10 nitrogen and oxygen atoms in total. The van der Waals surface area contributed by atoms with E-state index in [1.807, 2.05) is 0 Å². The second-order valence-electron chi connectivity index (χ2n) is 14.3. The molecule has 52 heavy (non-hydrogen) atoms. The number of sulfone groups is 1. The Labute approximate surface area is 305 Å². The third kappa shape index (κ3) is 10.4. The quantitative estimate of drug-likeness (QED) is 0.0828. The molecular formula is C38H48F2N2O8SSi. The molecule has 2 heterocycles. The molecule has 0 saturated heterocycles. The lowest BCUT2D eigenvalue weighted by molar-refractivity contribution is 0.279. The normalized spacial score (nSPS) is 12.1. The van der Waals surface area contributed by atoms with Crippen LogP contribution in [0.1, 0.15) is 50.3 Å². The van der Waals surface area contributed by atoms with Crippen molar-refractivity contribution in [2.45, 2.75) is 70.5 Å². The Morgan fingerprint density at radius 3 is 2.31 bits per heavy atom. The minimum absolute atomic E-state index is 0.0180. The SMILES string of the molecule is COc1ccc(COc2cc(=O)n(C)cc2-c2cc(CS(C)(=O)=O)cnc2Oc2c(F)cc(F)cc2CCCCO[Si](C)(C)C(C)(C)C)c(OC)c1. The van der Waals surface area contributed by atoms with Gasteiger partial charge in [-0.1, -0.05) is 20.8 Å². The zero-order chi connectivity index (χ0) is 38.4. The minimum atomic E-state index is -3.48. The standard InChI is InChI=1S/C38H48F2N2O8SSi/c1-38(2,3)52(8,9)49-15-11-10-12-26-17-28(39)18-32(40)36(26)50-37-30(16-25(21-41-37)24-51(7,44)45)31-22-42(4)35(43)20-34(31)48-23-27-13-14-29(46-5)19-33(27)47-6/h13-14,16-22H,10-12,15,23-24H2,1-9H3. The molecular weight excluding hydrogens is 711 g/mol. The van der Waals surface area contributed by atoms with Crippen LogP contribution in [-0.4, -0.2) is 53.4 Å². The van der Waals surface area contributed by atoms with Crippen molar-refractivity contribution in [1.82, 2.24) is 9.55 Å². The van der Waals surface area contributed by atoms with Crippen LogP contribution in [0.2, 0.25) is 18.1 Å². The van der Waals surface area contributed by atoms with E-state index in [1.54, 1.807) is 31.3 Å². The van der Waals surface area contributed by atoms with Crippen LogP contribution in [0.15, 0.2) is 59.7 Å². The zero-order valence-corrected chi connectivity index (χ0v) is 33.1. The Morgan fingerprint density at radius 1 is 0.923 bits per heavy atom. The summed E-state index contributed by atoms with van der Waals surface area (Å²) >= 11 is 0. The van der Waals surface area contributed by atoms with Crippen molar-refractivity contribution in [1.29, 1.82) is 0 Å². The number of methoxy groups -OCH3 is 2. The lowest BCUT2D eigenvalue weighted by Crippen LogP contribution is -2.40. The van der Waals surface area contributed by atoms with E-state index in [9.17, 15) is 17.6 Å². The van der Waals surface area contributed by atoms with Crippen molar-refractivity contribution in [2.24, 2.45) is 7.05 Å². The van der Waals surface area contributed by atoms with Crippen molar-refractivity contribution >= 4 is 18.2 Å². The van der Waals surface area contributed by atoms with E-state index in [0.29, 0.717) is 59.6 Å². The first-order valence-corrected chi connectivity index (χ1v) is 21.8. The summed E-state index contributed by atoms with van der Waals surface area (Å²) < 4.78 is 85.4. The summed E-state index contributed by atoms with van der Waals surface area (Å²) in [6.45, 7) is 11.3. The second-order valence-corrected chi connectivity index (χ2v) is 21.2. The van der Waals surface area contributed by atoms with Crippen LogP contribution in [0, 0.1) is 11.6 Å². The third-order valence-electron chi connectivity index (χ3n) is 9.09. The minimum Gasteiger partial charge on any atom is -0.497 e. The number of rotatable bonds is 16. The molecule has 0 atom stereocenters. The molecule has 0 fully saturated rings. The molecule has 0 unspecified atom stereocenters. The van der Waals surface area contributed by atoms with Gasteiger partial charge in [-0.25, -0.2) is 22.2 Å². The number of hydrogen-bond donors (Lipinski definition) is 0. The summed E-state index contributed by atoms with van der Waals surface area (Å²) in [4.78, 5) is 17.3. The van der Waals surface area contributed by atoms with Crippen LogP contribution < -0.4 is 24.5 Å². The van der Waals surface area contributed by atoms with Crippen molar-refractivity contribution in [2.75, 3.05) is 27.1 Å². The largest absolute Gasteiger partial charge is 0.497 e. The van der Waals surface area contributed by atoms with Crippen molar-refractivity contribution in [3.63, 3.8) is 0 Å². The number of aryl methyl sites for hydroxylation is 2. The molecule has 2 aromatic heterocycles. The topological polar surface area (TPSA) is 115 Å². The molecule has 4 aromatic rings.